The van der Waals surface area contributed by atoms with Crippen LogP contribution >= 0.6 is 0 Å². The van der Waals surface area contributed by atoms with E-state index in [1.54, 1.807) is 0 Å². The van der Waals surface area contributed by atoms with Gasteiger partial charge < -0.3 is 10.6 Å². The molecule has 2 N–H and O–H groups in total. The van der Waals surface area contributed by atoms with Crippen LogP contribution in [0.3, 0.4) is 0 Å². The van der Waals surface area contributed by atoms with E-state index in [0.29, 0.717) is 5.92 Å². The molecule has 26 heavy (non-hydrogen) atoms. The molecule has 1 unspecified atom stereocenters. The third-order valence-electron chi connectivity index (χ3n) is 5.31. The summed E-state index contributed by atoms with van der Waals surface area (Å²) in [6, 6.07) is 15.1. The van der Waals surface area contributed by atoms with Crippen molar-refractivity contribution in [2.45, 2.75) is 58.4 Å². The number of hydrogen-bond donors (Lipinski definition) is 2. The normalized spacial score (nSPS) is 16.8. The van der Waals surface area contributed by atoms with E-state index in [-0.39, 0.29) is 11.9 Å². The lowest BCUT2D eigenvalue weighted by Crippen LogP contribution is -2.35. The maximum Gasteiger partial charge on any atom is 0.241 e. The van der Waals surface area contributed by atoms with Gasteiger partial charge in [0.05, 0.1) is 6.04 Å². The Bertz CT molecular complexity index is 743. The van der Waals surface area contributed by atoms with Gasteiger partial charge in [0, 0.05) is 5.69 Å². The first-order chi connectivity index (χ1) is 12.5. The molecule has 2 aromatic carbocycles. The molecule has 1 saturated heterocycles. The molecule has 0 aromatic heterocycles. The van der Waals surface area contributed by atoms with E-state index in [1.165, 1.54) is 22.3 Å². The number of aryl methyl sites for hydroxylation is 3. The molecule has 0 bridgehead atoms. The number of benzene rings is 2. The summed E-state index contributed by atoms with van der Waals surface area (Å²) in [5.74, 6) is 0.654. The third kappa shape index (κ3) is 4.73. The van der Waals surface area contributed by atoms with E-state index in [1.807, 2.05) is 12.1 Å². The van der Waals surface area contributed by atoms with Crippen molar-refractivity contribution < 1.29 is 4.79 Å². The molecule has 138 valence electrons. The highest BCUT2D eigenvalue weighted by Crippen LogP contribution is 2.20. The molecule has 0 spiro atoms. The van der Waals surface area contributed by atoms with E-state index in [9.17, 15) is 4.79 Å². The molecule has 3 rings (SSSR count). The average molecular weight is 351 g/mol. The predicted octanol–water partition coefficient (Wildman–Crippen LogP) is 4.59. The average Bonchev–Trinajstić information content (AvgIpc) is 3.16. The Hall–Kier alpha value is -2.13. The minimum Gasteiger partial charge on any atom is -0.325 e. The van der Waals surface area contributed by atoms with Gasteiger partial charge in [-0.1, -0.05) is 44.2 Å². The molecule has 1 atom stereocenters. The second-order valence-corrected chi connectivity index (χ2v) is 7.68. The topological polar surface area (TPSA) is 41.1 Å². The number of rotatable bonds is 6. The fourth-order valence-electron chi connectivity index (χ4n) is 3.53. The standard InChI is InChI=1S/C23H30N2O/c1-16(2)20-11-10-19(17(3)15-20)9-6-18-7-12-21(13-8-18)25-23(26)22-5-4-14-24-22/h7-8,10-13,15-16,22,24H,4-6,9,14H2,1-3H3,(H,25,26). The molecular formula is C23H30N2O. The lowest BCUT2D eigenvalue weighted by molar-refractivity contribution is -0.117. The minimum absolute atomic E-state index is 0.0357. The summed E-state index contributed by atoms with van der Waals surface area (Å²) in [7, 11) is 0. The molecule has 0 radical (unpaired) electrons. The monoisotopic (exact) mass is 350 g/mol. The SMILES string of the molecule is Cc1cc(C(C)C)ccc1CCc1ccc(NC(=O)C2CCCN2)cc1. The Morgan fingerprint density at radius 3 is 2.54 bits per heavy atom. The smallest absolute Gasteiger partial charge is 0.241 e. The zero-order chi connectivity index (χ0) is 18.5. The first kappa shape index (κ1) is 18.7. The summed E-state index contributed by atoms with van der Waals surface area (Å²) >= 11 is 0. The van der Waals surface area contributed by atoms with Crippen LogP contribution < -0.4 is 10.6 Å². The van der Waals surface area contributed by atoms with E-state index in [0.717, 1.165) is 37.9 Å². The van der Waals surface area contributed by atoms with Crippen LogP contribution in [0, 0.1) is 6.92 Å². The molecule has 2 aromatic rings. The van der Waals surface area contributed by atoms with Crippen molar-refractivity contribution in [2.75, 3.05) is 11.9 Å². The first-order valence-corrected chi connectivity index (χ1v) is 9.75. The van der Waals surface area contributed by atoms with Crippen LogP contribution in [-0.4, -0.2) is 18.5 Å². The maximum atomic E-state index is 12.1. The summed E-state index contributed by atoms with van der Waals surface area (Å²) in [4.78, 5) is 12.1. The van der Waals surface area contributed by atoms with Crippen LogP contribution in [0.25, 0.3) is 0 Å². The third-order valence-corrected chi connectivity index (χ3v) is 5.31. The van der Waals surface area contributed by atoms with Gasteiger partial charge in [-0.15, -0.1) is 0 Å². The Labute approximate surface area is 157 Å². The van der Waals surface area contributed by atoms with Crippen molar-refractivity contribution in [3.8, 4) is 0 Å². The molecule has 0 saturated carbocycles. The number of hydrogen-bond acceptors (Lipinski definition) is 2. The van der Waals surface area contributed by atoms with Gasteiger partial charge in [-0.25, -0.2) is 0 Å². The highest BCUT2D eigenvalue weighted by Gasteiger charge is 2.21. The van der Waals surface area contributed by atoms with E-state index >= 15 is 0 Å². The number of nitrogens with one attached hydrogen (secondary N) is 2. The van der Waals surface area contributed by atoms with Crippen molar-refractivity contribution in [3.05, 3.63) is 64.7 Å². The highest BCUT2D eigenvalue weighted by atomic mass is 16.2. The van der Waals surface area contributed by atoms with Crippen LogP contribution in [0.4, 0.5) is 5.69 Å². The fraction of sp³-hybridized carbons (Fsp3) is 0.435. The van der Waals surface area contributed by atoms with Gasteiger partial charge in [-0.3, -0.25) is 4.79 Å². The fourth-order valence-corrected chi connectivity index (χ4v) is 3.53. The second kappa shape index (κ2) is 8.50. The van der Waals surface area contributed by atoms with Crippen molar-refractivity contribution in [3.63, 3.8) is 0 Å². The number of anilines is 1. The molecule has 3 heteroatoms. The van der Waals surface area contributed by atoms with Gasteiger partial charge in [0.2, 0.25) is 5.91 Å². The molecular weight excluding hydrogens is 320 g/mol. The minimum atomic E-state index is -0.0357. The van der Waals surface area contributed by atoms with Crippen LogP contribution in [0.15, 0.2) is 42.5 Å². The Morgan fingerprint density at radius 2 is 1.92 bits per heavy atom. The van der Waals surface area contributed by atoms with Crippen LogP contribution in [0.2, 0.25) is 0 Å². The van der Waals surface area contributed by atoms with Crippen LogP contribution in [0.5, 0.6) is 0 Å². The Morgan fingerprint density at radius 1 is 1.15 bits per heavy atom. The molecule has 1 amide bonds. The van der Waals surface area contributed by atoms with Gasteiger partial charge in [-0.2, -0.15) is 0 Å². The number of carbonyl (C=O) groups is 1. The molecule has 1 fully saturated rings. The van der Waals surface area contributed by atoms with E-state index in [4.69, 9.17) is 0 Å². The Balaban J connectivity index is 1.55. The highest BCUT2D eigenvalue weighted by molar-refractivity contribution is 5.95. The summed E-state index contributed by atoms with van der Waals surface area (Å²) in [6.07, 6.45) is 4.07. The summed E-state index contributed by atoms with van der Waals surface area (Å²) in [5.41, 5.74) is 6.38. The van der Waals surface area contributed by atoms with Gasteiger partial charge in [0.25, 0.3) is 0 Å². The maximum absolute atomic E-state index is 12.1. The number of carbonyl (C=O) groups excluding carboxylic acids is 1. The predicted molar refractivity (Wildman–Crippen MR) is 109 cm³/mol. The van der Waals surface area contributed by atoms with Crippen LogP contribution in [0.1, 0.15) is 54.9 Å². The van der Waals surface area contributed by atoms with Crippen molar-refractivity contribution in [1.29, 1.82) is 0 Å². The van der Waals surface area contributed by atoms with Crippen molar-refractivity contribution >= 4 is 11.6 Å². The summed E-state index contributed by atoms with van der Waals surface area (Å²) < 4.78 is 0. The van der Waals surface area contributed by atoms with E-state index in [2.05, 4.69) is 61.7 Å². The summed E-state index contributed by atoms with van der Waals surface area (Å²) in [5, 5.41) is 6.24. The second-order valence-electron chi connectivity index (χ2n) is 7.68. The summed E-state index contributed by atoms with van der Waals surface area (Å²) in [6.45, 7) is 7.61. The zero-order valence-electron chi connectivity index (χ0n) is 16.1. The lowest BCUT2D eigenvalue weighted by Gasteiger charge is -2.12. The zero-order valence-corrected chi connectivity index (χ0v) is 16.1. The molecule has 1 aliphatic heterocycles. The van der Waals surface area contributed by atoms with Gasteiger partial charge in [-0.05, 0) is 79.5 Å². The molecule has 1 aliphatic rings. The Kier molecular flexibility index (Phi) is 6.10. The first-order valence-electron chi connectivity index (χ1n) is 9.75. The van der Waals surface area contributed by atoms with Gasteiger partial charge in [0.15, 0.2) is 0 Å². The lowest BCUT2D eigenvalue weighted by atomic mass is 9.95. The quantitative estimate of drug-likeness (QED) is 0.800. The molecule has 1 heterocycles. The number of amides is 1. The van der Waals surface area contributed by atoms with Crippen molar-refractivity contribution in [1.82, 2.24) is 5.32 Å². The van der Waals surface area contributed by atoms with Crippen molar-refractivity contribution in [2.24, 2.45) is 0 Å². The molecule has 3 nitrogen and oxygen atoms in total. The van der Waals surface area contributed by atoms with Crippen LogP contribution in [-0.2, 0) is 17.6 Å². The van der Waals surface area contributed by atoms with Gasteiger partial charge in [0.1, 0.15) is 0 Å². The largest absolute Gasteiger partial charge is 0.325 e. The van der Waals surface area contributed by atoms with E-state index < -0.39 is 0 Å². The van der Waals surface area contributed by atoms with Gasteiger partial charge >= 0.3 is 0 Å². The molecule has 0 aliphatic carbocycles.